The maximum Gasteiger partial charge on any atom is 0.318 e. The van der Waals surface area contributed by atoms with E-state index in [9.17, 15) is 13.6 Å². The first-order valence-corrected chi connectivity index (χ1v) is 9.15. The van der Waals surface area contributed by atoms with Crippen LogP contribution in [-0.2, 0) is 17.8 Å². The minimum absolute atomic E-state index is 0.0234. The Balaban J connectivity index is 1.63. The molecule has 0 saturated carbocycles. The molecule has 1 fully saturated rings. The van der Waals surface area contributed by atoms with Gasteiger partial charge in [-0.25, -0.2) is 13.6 Å². The van der Waals surface area contributed by atoms with Crippen LogP contribution in [0.4, 0.5) is 13.6 Å². The van der Waals surface area contributed by atoms with Gasteiger partial charge in [-0.1, -0.05) is 0 Å². The minimum atomic E-state index is -0.537. The highest BCUT2D eigenvalue weighted by molar-refractivity contribution is 7.07. The second-order valence-electron chi connectivity index (χ2n) is 6.04. The Bertz CT molecular complexity index is 703. The second kappa shape index (κ2) is 8.40. The van der Waals surface area contributed by atoms with Crippen LogP contribution in [0, 0.1) is 11.6 Å². The molecule has 1 atom stereocenters. The quantitative estimate of drug-likeness (QED) is 0.842. The van der Waals surface area contributed by atoms with Gasteiger partial charge in [-0.3, -0.25) is 0 Å². The molecule has 1 saturated heterocycles. The smallest absolute Gasteiger partial charge is 0.318 e. The number of nitrogens with one attached hydrogen (secondary N) is 1. The number of rotatable bonds is 6. The van der Waals surface area contributed by atoms with E-state index in [4.69, 9.17) is 4.74 Å². The minimum Gasteiger partial charge on any atom is -0.376 e. The topological polar surface area (TPSA) is 41.6 Å². The van der Waals surface area contributed by atoms with Crippen molar-refractivity contribution in [1.82, 2.24) is 10.2 Å². The van der Waals surface area contributed by atoms with Gasteiger partial charge >= 0.3 is 6.03 Å². The zero-order valence-corrected chi connectivity index (χ0v) is 14.5. The molecule has 1 aromatic heterocycles. The lowest BCUT2D eigenvalue weighted by Gasteiger charge is -2.25. The molecule has 2 aromatic rings. The van der Waals surface area contributed by atoms with Crippen LogP contribution in [0.5, 0.6) is 0 Å². The van der Waals surface area contributed by atoms with Crippen molar-refractivity contribution in [3.63, 3.8) is 0 Å². The maximum absolute atomic E-state index is 13.7. The van der Waals surface area contributed by atoms with E-state index in [1.807, 2.05) is 16.8 Å². The molecule has 1 aliphatic heterocycles. The number of hydrogen-bond acceptors (Lipinski definition) is 3. The number of ether oxygens (including phenoxy) is 1. The Morgan fingerprint density at radius 3 is 2.96 bits per heavy atom. The SMILES string of the molecule is O=C(NCc1cc(F)ccc1F)N(Cc1ccsc1)C[C@@H]1CCCO1. The first-order chi connectivity index (χ1) is 12.1. The molecular formula is C18H20F2N2O2S. The third kappa shape index (κ3) is 4.99. The van der Waals surface area contributed by atoms with Crippen LogP contribution in [-0.4, -0.2) is 30.2 Å². The zero-order chi connectivity index (χ0) is 17.6. The lowest BCUT2D eigenvalue weighted by Crippen LogP contribution is -2.43. The molecule has 0 bridgehead atoms. The highest BCUT2D eigenvalue weighted by Crippen LogP contribution is 2.17. The van der Waals surface area contributed by atoms with Gasteiger partial charge in [0.05, 0.1) is 6.10 Å². The van der Waals surface area contributed by atoms with Gasteiger partial charge in [0.15, 0.2) is 0 Å². The van der Waals surface area contributed by atoms with E-state index in [1.54, 1.807) is 16.2 Å². The van der Waals surface area contributed by atoms with Crippen LogP contribution in [0.3, 0.4) is 0 Å². The third-order valence-corrected chi connectivity index (χ3v) is 4.86. The van der Waals surface area contributed by atoms with Gasteiger partial charge in [0.25, 0.3) is 0 Å². The Labute approximate surface area is 149 Å². The average Bonchev–Trinajstić information content (AvgIpc) is 3.28. The highest BCUT2D eigenvalue weighted by atomic mass is 32.1. The predicted octanol–water partition coefficient (Wildman–Crippen LogP) is 3.92. The van der Waals surface area contributed by atoms with Gasteiger partial charge in [-0.05, 0) is 53.4 Å². The summed E-state index contributed by atoms with van der Waals surface area (Å²) in [6.45, 7) is 1.59. The summed E-state index contributed by atoms with van der Waals surface area (Å²) in [5, 5.41) is 6.63. The lowest BCUT2D eigenvalue weighted by atomic mass is 10.2. The molecule has 0 spiro atoms. The molecule has 3 rings (SSSR count). The number of amides is 2. The number of nitrogens with zero attached hydrogens (tertiary/aromatic N) is 1. The van der Waals surface area contributed by atoms with E-state index in [2.05, 4.69) is 5.32 Å². The number of urea groups is 1. The Morgan fingerprint density at radius 2 is 2.24 bits per heavy atom. The van der Waals surface area contributed by atoms with E-state index < -0.39 is 11.6 Å². The molecule has 0 unspecified atom stereocenters. The van der Waals surface area contributed by atoms with Crippen LogP contribution >= 0.6 is 11.3 Å². The molecule has 2 amide bonds. The molecule has 25 heavy (non-hydrogen) atoms. The zero-order valence-electron chi connectivity index (χ0n) is 13.7. The van der Waals surface area contributed by atoms with Crippen molar-refractivity contribution >= 4 is 17.4 Å². The molecular weight excluding hydrogens is 346 g/mol. The number of carbonyl (C=O) groups excluding carboxylic acids is 1. The molecule has 0 aliphatic carbocycles. The van der Waals surface area contributed by atoms with Crippen molar-refractivity contribution < 1.29 is 18.3 Å². The van der Waals surface area contributed by atoms with Crippen LogP contribution in [0.25, 0.3) is 0 Å². The first kappa shape index (κ1) is 17.8. The fourth-order valence-corrected chi connectivity index (χ4v) is 3.48. The number of halogens is 2. The van der Waals surface area contributed by atoms with Gasteiger partial charge < -0.3 is 15.0 Å². The van der Waals surface area contributed by atoms with Gasteiger partial charge in [-0.15, -0.1) is 0 Å². The Kier molecular flexibility index (Phi) is 5.99. The van der Waals surface area contributed by atoms with Crippen LogP contribution < -0.4 is 5.32 Å². The summed E-state index contributed by atoms with van der Waals surface area (Å²) in [4.78, 5) is 14.2. The maximum atomic E-state index is 13.7. The van der Waals surface area contributed by atoms with Crippen molar-refractivity contribution in [2.75, 3.05) is 13.2 Å². The molecule has 1 aromatic carbocycles. The molecule has 2 heterocycles. The predicted molar refractivity (Wildman–Crippen MR) is 92.3 cm³/mol. The monoisotopic (exact) mass is 366 g/mol. The van der Waals surface area contributed by atoms with E-state index >= 15 is 0 Å². The van der Waals surface area contributed by atoms with Crippen molar-refractivity contribution in [3.05, 3.63) is 57.8 Å². The molecule has 1 aliphatic rings. The van der Waals surface area contributed by atoms with E-state index in [1.165, 1.54) is 0 Å². The average molecular weight is 366 g/mol. The van der Waals surface area contributed by atoms with E-state index in [0.717, 1.165) is 36.6 Å². The van der Waals surface area contributed by atoms with Crippen molar-refractivity contribution in [1.29, 1.82) is 0 Å². The van der Waals surface area contributed by atoms with E-state index in [0.29, 0.717) is 19.7 Å². The second-order valence-corrected chi connectivity index (χ2v) is 6.82. The summed E-state index contributed by atoms with van der Waals surface area (Å²) >= 11 is 1.57. The number of carbonyl (C=O) groups is 1. The third-order valence-electron chi connectivity index (χ3n) is 4.13. The number of thiophene rings is 1. The fraction of sp³-hybridized carbons (Fsp3) is 0.389. The largest absolute Gasteiger partial charge is 0.376 e. The van der Waals surface area contributed by atoms with Crippen molar-refractivity contribution in [2.45, 2.75) is 32.0 Å². The summed E-state index contributed by atoms with van der Waals surface area (Å²) < 4.78 is 32.6. The fourth-order valence-electron chi connectivity index (χ4n) is 2.82. The van der Waals surface area contributed by atoms with Crippen molar-refractivity contribution in [3.8, 4) is 0 Å². The van der Waals surface area contributed by atoms with E-state index in [-0.39, 0.29) is 24.2 Å². The summed E-state index contributed by atoms with van der Waals surface area (Å²) in [6.07, 6.45) is 1.94. The Hall–Kier alpha value is -1.99. The van der Waals surface area contributed by atoms with Gasteiger partial charge in [-0.2, -0.15) is 11.3 Å². The first-order valence-electron chi connectivity index (χ1n) is 8.21. The van der Waals surface area contributed by atoms with Crippen LogP contribution in [0.2, 0.25) is 0 Å². The van der Waals surface area contributed by atoms with Crippen LogP contribution in [0.15, 0.2) is 35.0 Å². The van der Waals surface area contributed by atoms with Gasteiger partial charge in [0.1, 0.15) is 11.6 Å². The summed E-state index contributed by atoms with van der Waals surface area (Å²) in [6, 6.07) is 4.86. The molecule has 134 valence electrons. The normalized spacial score (nSPS) is 16.8. The van der Waals surface area contributed by atoms with Crippen LogP contribution in [0.1, 0.15) is 24.0 Å². The molecule has 1 N–H and O–H groups in total. The standard InChI is InChI=1S/C18H20F2N2O2S/c19-15-3-4-17(20)14(8-15)9-21-18(23)22(10-13-5-7-25-12-13)11-16-2-1-6-24-16/h3-5,7-8,12,16H,1-2,6,9-11H2,(H,21,23)/t16-/m0/s1. The Morgan fingerprint density at radius 1 is 1.36 bits per heavy atom. The molecule has 4 nitrogen and oxygen atoms in total. The summed E-state index contributed by atoms with van der Waals surface area (Å²) in [5.74, 6) is -1.06. The molecule has 7 heteroatoms. The van der Waals surface area contributed by atoms with Gasteiger partial charge in [0.2, 0.25) is 0 Å². The molecule has 0 radical (unpaired) electrons. The summed E-state index contributed by atoms with van der Waals surface area (Å²) in [7, 11) is 0. The lowest BCUT2D eigenvalue weighted by molar-refractivity contribution is 0.0794. The van der Waals surface area contributed by atoms with Crippen molar-refractivity contribution in [2.24, 2.45) is 0 Å². The number of benzene rings is 1. The number of hydrogen-bond donors (Lipinski definition) is 1. The highest BCUT2D eigenvalue weighted by Gasteiger charge is 2.23. The summed E-state index contributed by atoms with van der Waals surface area (Å²) in [5.41, 5.74) is 1.16. The van der Waals surface area contributed by atoms with Gasteiger partial charge in [0, 0.05) is 31.8 Å².